The Hall–Kier alpha value is -2.29. The van der Waals surface area contributed by atoms with E-state index in [4.69, 9.17) is 4.74 Å². The van der Waals surface area contributed by atoms with Crippen molar-refractivity contribution in [2.75, 3.05) is 13.7 Å². The SMILES string of the molecule is COc1ccc(C(=O)NCCCc2ccccc2)cc1C. The average molecular weight is 283 g/mol. The molecule has 0 aromatic heterocycles. The largest absolute Gasteiger partial charge is 0.496 e. The summed E-state index contributed by atoms with van der Waals surface area (Å²) >= 11 is 0. The number of aryl methyl sites for hydroxylation is 2. The number of hydrogen-bond donors (Lipinski definition) is 1. The summed E-state index contributed by atoms with van der Waals surface area (Å²) in [6.07, 6.45) is 1.91. The molecule has 0 saturated carbocycles. The van der Waals surface area contributed by atoms with Crippen molar-refractivity contribution < 1.29 is 9.53 Å². The summed E-state index contributed by atoms with van der Waals surface area (Å²) in [6, 6.07) is 15.8. The summed E-state index contributed by atoms with van der Waals surface area (Å²) in [4.78, 5) is 12.1. The maximum atomic E-state index is 12.1. The minimum Gasteiger partial charge on any atom is -0.496 e. The van der Waals surface area contributed by atoms with Gasteiger partial charge in [0.05, 0.1) is 7.11 Å². The molecule has 3 nitrogen and oxygen atoms in total. The highest BCUT2D eigenvalue weighted by atomic mass is 16.5. The molecule has 3 heteroatoms. The molecule has 2 aromatic rings. The van der Waals surface area contributed by atoms with Gasteiger partial charge in [-0.1, -0.05) is 30.3 Å². The summed E-state index contributed by atoms with van der Waals surface area (Å²) in [5.41, 5.74) is 2.94. The van der Waals surface area contributed by atoms with Crippen LogP contribution in [0.4, 0.5) is 0 Å². The first kappa shape index (κ1) is 15.1. The third kappa shape index (κ3) is 4.35. The monoisotopic (exact) mass is 283 g/mol. The molecule has 0 atom stereocenters. The van der Waals surface area contributed by atoms with Gasteiger partial charge >= 0.3 is 0 Å². The quantitative estimate of drug-likeness (QED) is 0.825. The number of benzene rings is 2. The van der Waals surface area contributed by atoms with E-state index in [0.717, 1.165) is 24.2 Å². The van der Waals surface area contributed by atoms with Crippen molar-refractivity contribution in [3.63, 3.8) is 0 Å². The Morgan fingerprint density at radius 2 is 1.90 bits per heavy atom. The number of amides is 1. The molecule has 1 N–H and O–H groups in total. The van der Waals surface area contributed by atoms with Crippen molar-refractivity contribution in [2.24, 2.45) is 0 Å². The van der Waals surface area contributed by atoms with Gasteiger partial charge in [0.2, 0.25) is 0 Å². The highest BCUT2D eigenvalue weighted by molar-refractivity contribution is 5.94. The third-order valence-corrected chi connectivity index (χ3v) is 3.43. The zero-order valence-corrected chi connectivity index (χ0v) is 12.6. The molecular formula is C18H21NO2. The molecule has 0 aliphatic rings. The molecule has 110 valence electrons. The van der Waals surface area contributed by atoms with Crippen LogP contribution in [-0.4, -0.2) is 19.6 Å². The van der Waals surface area contributed by atoms with Gasteiger partial charge in [0.1, 0.15) is 5.75 Å². The number of nitrogens with one attached hydrogen (secondary N) is 1. The van der Waals surface area contributed by atoms with Gasteiger partial charge in [-0.3, -0.25) is 4.79 Å². The average Bonchev–Trinajstić information content (AvgIpc) is 2.52. The first-order valence-electron chi connectivity index (χ1n) is 7.17. The maximum absolute atomic E-state index is 12.1. The number of rotatable bonds is 6. The Morgan fingerprint density at radius 1 is 1.14 bits per heavy atom. The number of methoxy groups -OCH3 is 1. The van der Waals surface area contributed by atoms with E-state index in [1.54, 1.807) is 13.2 Å². The van der Waals surface area contributed by atoms with Gasteiger partial charge in [-0.15, -0.1) is 0 Å². The van der Waals surface area contributed by atoms with Crippen LogP contribution in [0, 0.1) is 6.92 Å². The lowest BCUT2D eigenvalue weighted by molar-refractivity contribution is 0.0953. The lowest BCUT2D eigenvalue weighted by atomic mass is 10.1. The van der Waals surface area contributed by atoms with Gasteiger partial charge in [0, 0.05) is 12.1 Å². The van der Waals surface area contributed by atoms with Crippen molar-refractivity contribution in [1.82, 2.24) is 5.32 Å². The first-order valence-corrected chi connectivity index (χ1v) is 7.17. The Balaban J connectivity index is 1.80. The maximum Gasteiger partial charge on any atom is 0.251 e. The second-order valence-electron chi connectivity index (χ2n) is 5.03. The van der Waals surface area contributed by atoms with E-state index in [0.29, 0.717) is 12.1 Å². The summed E-state index contributed by atoms with van der Waals surface area (Å²) in [6.45, 7) is 2.61. The van der Waals surface area contributed by atoms with Gasteiger partial charge in [0.15, 0.2) is 0 Å². The molecule has 0 bridgehead atoms. The Bertz CT molecular complexity index is 593. The van der Waals surface area contributed by atoms with Crippen LogP contribution in [-0.2, 0) is 6.42 Å². The summed E-state index contributed by atoms with van der Waals surface area (Å²) in [5.74, 6) is 0.768. The third-order valence-electron chi connectivity index (χ3n) is 3.43. The van der Waals surface area contributed by atoms with E-state index in [1.807, 2.05) is 37.3 Å². The fourth-order valence-corrected chi connectivity index (χ4v) is 2.26. The predicted octanol–water partition coefficient (Wildman–Crippen LogP) is 3.37. The van der Waals surface area contributed by atoms with Crippen molar-refractivity contribution in [2.45, 2.75) is 19.8 Å². The van der Waals surface area contributed by atoms with Gasteiger partial charge in [0.25, 0.3) is 5.91 Å². The second kappa shape index (κ2) is 7.48. The normalized spacial score (nSPS) is 10.2. The van der Waals surface area contributed by atoms with Crippen molar-refractivity contribution >= 4 is 5.91 Å². The second-order valence-corrected chi connectivity index (χ2v) is 5.03. The van der Waals surface area contributed by atoms with Crippen LogP contribution in [0.5, 0.6) is 5.75 Å². The van der Waals surface area contributed by atoms with Crippen molar-refractivity contribution in [3.05, 3.63) is 65.2 Å². The minimum atomic E-state index is -0.0335. The summed E-state index contributed by atoms with van der Waals surface area (Å²) in [5, 5.41) is 2.95. The number of carbonyl (C=O) groups excluding carboxylic acids is 1. The number of ether oxygens (including phenoxy) is 1. The zero-order valence-electron chi connectivity index (χ0n) is 12.6. The number of hydrogen-bond acceptors (Lipinski definition) is 2. The van der Waals surface area contributed by atoms with Crippen LogP contribution in [0.3, 0.4) is 0 Å². The van der Waals surface area contributed by atoms with E-state index < -0.39 is 0 Å². The van der Waals surface area contributed by atoms with Crippen LogP contribution in [0.15, 0.2) is 48.5 Å². The minimum absolute atomic E-state index is 0.0335. The molecule has 0 spiro atoms. The molecule has 0 radical (unpaired) electrons. The highest BCUT2D eigenvalue weighted by Crippen LogP contribution is 2.18. The standard InChI is InChI=1S/C18H21NO2/c1-14-13-16(10-11-17(14)21-2)18(20)19-12-6-9-15-7-4-3-5-8-15/h3-5,7-8,10-11,13H,6,9,12H2,1-2H3,(H,19,20). The van der Waals surface area contributed by atoms with Crippen LogP contribution < -0.4 is 10.1 Å². The van der Waals surface area contributed by atoms with Crippen LogP contribution in [0.2, 0.25) is 0 Å². The molecule has 0 saturated heterocycles. The van der Waals surface area contributed by atoms with Gasteiger partial charge in [-0.25, -0.2) is 0 Å². The van der Waals surface area contributed by atoms with Crippen LogP contribution >= 0.6 is 0 Å². The molecule has 0 aliphatic carbocycles. The van der Waals surface area contributed by atoms with E-state index in [1.165, 1.54) is 5.56 Å². The summed E-state index contributed by atoms with van der Waals surface area (Å²) in [7, 11) is 1.63. The zero-order chi connectivity index (χ0) is 15.1. The smallest absolute Gasteiger partial charge is 0.251 e. The van der Waals surface area contributed by atoms with Gasteiger partial charge in [-0.05, 0) is 49.1 Å². The molecule has 2 rings (SSSR count). The predicted molar refractivity (Wildman–Crippen MR) is 84.8 cm³/mol. The number of carbonyl (C=O) groups is 1. The molecule has 21 heavy (non-hydrogen) atoms. The Kier molecular flexibility index (Phi) is 5.38. The van der Waals surface area contributed by atoms with Gasteiger partial charge < -0.3 is 10.1 Å². The molecule has 0 aliphatic heterocycles. The fraction of sp³-hybridized carbons (Fsp3) is 0.278. The molecule has 0 unspecified atom stereocenters. The van der Waals surface area contributed by atoms with E-state index in [9.17, 15) is 4.79 Å². The molecule has 0 heterocycles. The van der Waals surface area contributed by atoms with Crippen LogP contribution in [0.25, 0.3) is 0 Å². The lowest BCUT2D eigenvalue weighted by Gasteiger charge is -2.08. The topological polar surface area (TPSA) is 38.3 Å². The van der Waals surface area contributed by atoms with Crippen LogP contribution in [0.1, 0.15) is 27.9 Å². The molecule has 0 fully saturated rings. The van der Waals surface area contributed by atoms with E-state index in [-0.39, 0.29) is 5.91 Å². The van der Waals surface area contributed by atoms with Crippen molar-refractivity contribution in [1.29, 1.82) is 0 Å². The molecule has 2 aromatic carbocycles. The first-order chi connectivity index (χ1) is 10.2. The highest BCUT2D eigenvalue weighted by Gasteiger charge is 2.07. The fourth-order valence-electron chi connectivity index (χ4n) is 2.26. The lowest BCUT2D eigenvalue weighted by Crippen LogP contribution is -2.24. The van der Waals surface area contributed by atoms with Crippen molar-refractivity contribution in [3.8, 4) is 5.75 Å². The molecule has 1 amide bonds. The Morgan fingerprint density at radius 3 is 2.57 bits per heavy atom. The van der Waals surface area contributed by atoms with E-state index in [2.05, 4.69) is 17.4 Å². The van der Waals surface area contributed by atoms with E-state index >= 15 is 0 Å². The van der Waals surface area contributed by atoms with Gasteiger partial charge in [-0.2, -0.15) is 0 Å². The molecular weight excluding hydrogens is 262 g/mol. The Labute approximate surface area is 126 Å². The summed E-state index contributed by atoms with van der Waals surface area (Å²) < 4.78 is 5.20.